The Morgan fingerprint density at radius 1 is 0.792 bits per heavy atom. The summed E-state index contributed by atoms with van der Waals surface area (Å²) in [5.74, 6) is 0. The van der Waals surface area contributed by atoms with E-state index in [4.69, 9.17) is 4.74 Å². The Morgan fingerprint density at radius 2 is 1.33 bits per heavy atom. The van der Waals surface area contributed by atoms with Gasteiger partial charge in [0.05, 0.1) is 17.4 Å². The van der Waals surface area contributed by atoms with Crippen molar-refractivity contribution in [3.63, 3.8) is 0 Å². The third-order valence-electron chi connectivity index (χ3n) is 3.05. The molecule has 24 heavy (non-hydrogen) atoms. The second kappa shape index (κ2) is 6.98. The van der Waals surface area contributed by atoms with Crippen molar-refractivity contribution in [2.75, 3.05) is 0 Å². The summed E-state index contributed by atoms with van der Waals surface area (Å²) in [6.45, 7) is -0.406. The Labute approximate surface area is 134 Å². The van der Waals surface area contributed by atoms with Crippen LogP contribution < -0.4 is 0 Å². The van der Waals surface area contributed by atoms with Crippen molar-refractivity contribution in [2.45, 2.75) is 19.0 Å². The first-order valence-corrected chi connectivity index (χ1v) is 6.78. The van der Waals surface area contributed by atoms with Gasteiger partial charge >= 0.3 is 12.4 Å². The molecule has 2 rings (SSSR count). The topological polar surface area (TPSA) is 9.23 Å². The summed E-state index contributed by atoms with van der Waals surface area (Å²) in [4.78, 5) is 0. The van der Waals surface area contributed by atoms with Crippen LogP contribution in [0.4, 0.5) is 26.3 Å². The van der Waals surface area contributed by atoms with Gasteiger partial charge in [-0.1, -0.05) is 30.3 Å². The van der Waals surface area contributed by atoms with Gasteiger partial charge in [-0.25, -0.2) is 0 Å². The lowest BCUT2D eigenvalue weighted by molar-refractivity contribution is -0.143. The number of rotatable bonds is 4. The normalized spacial score (nSPS) is 12.6. The molecule has 0 aliphatic heterocycles. The maximum absolute atomic E-state index is 12.7. The van der Waals surface area contributed by atoms with Crippen molar-refractivity contribution in [1.29, 1.82) is 0 Å². The maximum atomic E-state index is 12.7. The van der Waals surface area contributed by atoms with E-state index in [0.717, 1.165) is 5.56 Å². The summed E-state index contributed by atoms with van der Waals surface area (Å²) < 4.78 is 81.4. The molecular weight excluding hydrogens is 334 g/mol. The van der Waals surface area contributed by atoms with Gasteiger partial charge in [0.2, 0.25) is 0 Å². The molecule has 0 aromatic heterocycles. The second-order valence-electron chi connectivity index (χ2n) is 4.94. The van der Waals surface area contributed by atoms with Gasteiger partial charge in [0.15, 0.2) is 0 Å². The maximum Gasteiger partial charge on any atom is 0.416 e. The number of benzene rings is 2. The molecule has 0 saturated carbocycles. The molecule has 0 N–H and O–H groups in total. The van der Waals surface area contributed by atoms with Crippen molar-refractivity contribution in [2.24, 2.45) is 0 Å². The van der Waals surface area contributed by atoms with Crippen LogP contribution in [0.25, 0.3) is 6.08 Å². The molecule has 1 nitrogen and oxygen atoms in total. The minimum atomic E-state index is -4.87. The van der Waals surface area contributed by atoms with E-state index in [1.165, 1.54) is 6.26 Å². The minimum Gasteiger partial charge on any atom is -0.496 e. The molecular formula is C17H12F6O. The van der Waals surface area contributed by atoms with Gasteiger partial charge in [0.25, 0.3) is 0 Å². The zero-order chi connectivity index (χ0) is 17.8. The Bertz CT molecular complexity index is 669. The minimum absolute atomic E-state index is 0.0866. The lowest BCUT2D eigenvalue weighted by Crippen LogP contribution is -2.12. The number of ether oxygens (including phenoxy) is 1. The number of hydrogen-bond donors (Lipinski definition) is 0. The van der Waals surface area contributed by atoms with Crippen molar-refractivity contribution in [1.82, 2.24) is 0 Å². The van der Waals surface area contributed by atoms with Crippen molar-refractivity contribution < 1.29 is 31.1 Å². The first kappa shape index (κ1) is 17.9. The van der Waals surface area contributed by atoms with E-state index in [1.54, 1.807) is 36.4 Å². The van der Waals surface area contributed by atoms with Crippen LogP contribution in [-0.2, 0) is 23.7 Å². The predicted molar refractivity (Wildman–Crippen MR) is 76.7 cm³/mol. The summed E-state index contributed by atoms with van der Waals surface area (Å²) in [5.41, 5.74) is -2.14. The van der Waals surface area contributed by atoms with Gasteiger partial charge < -0.3 is 4.74 Å². The quantitative estimate of drug-likeness (QED) is 0.494. The summed E-state index contributed by atoms with van der Waals surface area (Å²) in [7, 11) is 0. The van der Waals surface area contributed by atoms with Crippen LogP contribution in [-0.4, -0.2) is 0 Å². The summed E-state index contributed by atoms with van der Waals surface area (Å²) in [6, 6.07) is 10.3. The van der Waals surface area contributed by atoms with Crippen LogP contribution in [0.2, 0.25) is 0 Å². The van der Waals surface area contributed by atoms with Gasteiger partial charge in [-0.05, 0) is 35.4 Å². The Hall–Kier alpha value is -2.44. The van der Waals surface area contributed by atoms with Crippen LogP contribution in [0.3, 0.4) is 0 Å². The van der Waals surface area contributed by atoms with Crippen LogP contribution in [0.5, 0.6) is 0 Å². The average Bonchev–Trinajstić information content (AvgIpc) is 2.51. The molecule has 0 spiro atoms. The second-order valence-corrected chi connectivity index (χ2v) is 4.94. The van der Waals surface area contributed by atoms with Crippen molar-refractivity contribution >= 4 is 6.08 Å². The SMILES string of the molecule is FC(F)(F)c1cc(CO/C=C/c2ccccc2)cc(C(F)(F)F)c1. The molecule has 0 atom stereocenters. The van der Waals surface area contributed by atoms with Crippen LogP contribution >= 0.6 is 0 Å². The summed E-state index contributed by atoms with van der Waals surface area (Å²) in [6.07, 6.45) is -6.95. The molecule has 0 heterocycles. The molecule has 0 saturated heterocycles. The highest BCUT2D eigenvalue weighted by molar-refractivity contribution is 5.47. The molecule has 2 aromatic carbocycles. The molecule has 0 amide bonds. The zero-order valence-electron chi connectivity index (χ0n) is 12.2. The molecule has 0 fully saturated rings. The van der Waals surface area contributed by atoms with E-state index in [0.29, 0.717) is 12.1 Å². The van der Waals surface area contributed by atoms with Crippen molar-refractivity contribution in [3.05, 3.63) is 77.0 Å². The van der Waals surface area contributed by atoms with Crippen LogP contribution in [0.1, 0.15) is 22.3 Å². The Balaban J connectivity index is 2.16. The first-order valence-electron chi connectivity index (χ1n) is 6.78. The molecule has 0 unspecified atom stereocenters. The first-order chi connectivity index (χ1) is 11.2. The standard InChI is InChI=1S/C17H12F6O/c18-16(19,20)14-8-13(9-15(10-14)17(21,22)23)11-24-7-6-12-4-2-1-3-5-12/h1-10H,11H2/b7-6+. The smallest absolute Gasteiger partial charge is 0.416 e. The van der Waals surface area contributed by atoms with Crippen LogP contribution in [0.15, 0.2) is 54.8 Å². The molecule has 2 aromatic rings. The third kappa shape index (κ3) is 5.04. The Morgan fingerprint density at radius 3 is 1.83 bits per heavy atom. The fourth-order valence-corrected chi connectivity index (χ4v) is 1.94. The summed E-state index contributed by atoms with van der Waals surface area (Å²) in [5, 5.41) is 0. The zero-order valence-corrected chi connectivity index (χ0v) is 12.2. The molecule has 0 bridgehead atoms. The van der Waals surface area contributed by atoms with E-state index in [2.05, 4.69) is 0 Å². The number of alkyl halides is 6. The third-order valence-corrected chi connectivity index (χ3v) is 3.05. The average molecular weight is 346 g/mol. The van der Waals surface area contributed by atoms with Crippen LogP contribution in [0, 0.1) is 0 Å². The number of halogens is 6. The molecule has 128 valence electrons. The highest BCUT2D eigenvalue weighted by Gasteiger charge is 2.36. The fourth-order valence-electron chi connectivity index (χ4n) is 1.94. The van der Waals surface area contributed by atoms with E-state index in [9.17, 15) is 26.3 Å². The fraction of sp³-hybridized carbons (Fsp3) is 0.176. The molecule has 0 aliphatic carbocycles. The van der Waals surface area contributed by atoms with E-state index < -0.39 is 30.1 Å². The van der Waals surface area contributed by atoms with E-state index in [-0.39, 0.29) is 11.6 Å². The monoisotopic (exact) mass is 346 g/mol. The van der Waals surface area contributed by atoms with Gasteiger partial charge in [-0.3, -0.25) is 0 Å². The van der Waals surface area contributed by atoms with Gasteiger partial charge in [0, 0.05) is 0 Å². The lowest BCUT2D eigenvalue weighted by Gasteiger charge is -2.14. The van der Waals surface area contributed by atoms with E-state index in [1.807, 2.05) is 0 Å². The van der Waals surface area contributed by atoms with Gasteiger partial charge in [0.1, 0.15) is 6.61 Å². The largest absolute Gasteiger partial charge is 0.496 e. The Kier molecular flexibility index (Phi) is 5.21. The molecule has 0 aliphatic rings. The van der Waals surface area contributed by atoms with E-state index >= 15 is 0 Å². The number of hydrogen-bond acceptors (Lipinski definition) is 1. The van der Waals surface area contributed by atoms with Crippen molar-refractivity contribution in [3.8, 4) is 0 Å². The summed E-state index contributed by atoms with van der Waals surface area (Å²) >= 11 is 0. The molecule has 0 radical (unpaired) electrons. The highest BCUT2D eigenvalue weighted by atomic mass is 19.4. The van der Waals surface area contributed by atoms with Gasteiger partial charge in [-0.15, -0.1) is 0 Å². The van der Waals surface area contributed by atoms with Gasteiger partial charge in [-0.2, -0.15) is 26.3 Å². The predicted octanol–water partition coefficient (Wildman–Crippen LogP) is 5.91. The highest BCUT2D eigenvalue weighted by Crippen LogP contribution is 2.36. The molecule has 7 heteroatoms. The lowest BCUT2D eigenvalue weighted by atomic mass is 10.1.